The van der Waals surface area contributed by atoms with Gasteiger partial charge >= 0.3 is 0 Å². The van der Waals surface area contributed by atoms with E-state index in [0.29, 0.717) is 25.4 Å². The molecule has 0 atom stereocenters. The Hall–Kier alpha value is -1.40. The standard InChI is InChI=1S/C12H19N3O3/c1-14-9-13-8-11(14)12(17)15-4-2-10(3-5-15)18-7-6-16/h8-10,16H,2-7H2,1H3. The van der Waals surface area contributed by atoms with Gasteiger partial charge < -0.3 is 19.3 Å². The maximum absolute atomic E-state index is 12.2. The second-order valence-electron chi connectivity index (χ2n) is 4.48. The zero-order valence-corrected chi connectivity index (χ0v) is 10.6. The number of aryl methyl sites for hydroxylation is 1. The number of aliphatic hydroxyl groups is 1. The van der Waals surface area contributed by atoms with Gasteiger partial charge in [0.1, 0.15) is 5.69 Å². The van der Waals surface area contributed by atoms with Crippen molar-refractivity contribution in [2.24, 2.45) is 7.05 Å². The summed E-state index contributed by atoms with van der Waals surface area (Å²) in [4.78, 5) is 18.0. The Morgan fingerprint density at radius 2 is 2.28 bits per heavy atom. The third-order valence-electron chi connectivity index (χ3n) is 3.21. The van der Waals surface area contributed by atoms with Crippen LogP contribution in [0.3, 0.4) is 0 Å². The number of ether oxygens (including phenoxy) is 1. The molecule has 100 valence electrons. The highest BCUT2D eigenvalue weighted by Gasteiger charge is 2.25. The SMILES string of the molecule is Cn1cncc1C(=O)N1CCC(OCCO)CC1. The molecule has 6 nitrogen and oxygen atoms in total. The number of nitrogens with zero attached hydrogens (tertiary/aromatic N) is 3. The number of amides is 1. The van der Waals surface area contributed by atoms with Crippen LogP contribution >= 0.6 is 0 Å². The zero-order chi connectivity index (χ0) is 13.0. The van der Waals surface area contributed by atoms with Gasteiger partial charge in [-0.1, -0.05) is 0 Å². The Kier molecular flexibility index (Phi) is 4.33. The van der Waals surface area contributed by atoms with Gasteiger partial charge in [0.05, 0.1) is 31.8 Å². The summed E-state index contributed by atoms with van der Waals surface area (Å²) < 4.78 is 7.20. The molecule has 1 amide bonds. The lowest BCUT2D eigenvalue weighted by atomic mass is 10.1. The highest BCUT2D eigenvalue weighted by Crippen LogP contribution is 2.15. The van der Waals surface area contributed by atoms with Crippen LogP contribution in [0.25, 0.3) is 0 Å². The Morgan fingerprint density at radius 1 is 1.56 bits per heavy atom. The summed E-state index contributed by atoms with van der Waals surface area (Å²) in [5, 5.41) is 8.69. The molecule has 0 spiro atoms. The largest absolute Gasteiger partial charge is 0.394 e. The maximum atomic E-state index is 12.2. The summed E-state index contributed by atoms with van der Waals surface area (Å²) in [5.74, 6) is 0.0237. The lowest BCUT2D eigenvalue weighted by Crippen LogP contribution is -2.41. The summed E-state index contributed by atoms with van der Waals surface area (Å²) in [5.41, 5.74) is 0.615. The molecule has 0 unspecified atom stereocenters. The number of aromatic nitrogens is 2. The summed E-state index contributed by atoms with van der Waals surface area (Å²) in [7, 11) is 1.82. The molecule has 1 fully saturated rings. The molecule has 0 saturated carbocycles. The van der Waals surface area contributed by atoms with Crippen molar-refractivity contribution in [3.8, 4) is 0 Å². The van der Waals surface area contributed by atoms with Crippen molar-refractivity contribution in [1.29, 1.82) is 0 Å². The van der Waals surface area contributed by atoms with E-state index < -0.39 is 0 Å². The average molecular weight is 253 g/mol. The number of carbonyl (C=O) groups is 1. The van der Waals surface area contributed by atoms with Crippen LogP contribution in [0.5, 0.6) is 0 Å². The summed E-state index contributed by atoms with van der Waals surface area (Å²) >= 11 is 0. The number of likely N-dealkylation sites (tertiary alicyclic amines) is 1. The van der Waals surface area contributed by atoms with Gasteiger partial charge in [-0.2, -0.15) is 0 Å². The highest BCUT2D eigenvalue weighted by molar-refractivity contribution is 5.92. The number of piperidine rings is 1. The number of imidazole rings is 1. The molecule has 1 aliphatic heterocycles. The topological polar surface area (TPSA) is 67.6 Å². The molecule has 0 radical (unpaired) electrons. The van der Waals surface area contributed by atoms with Gasteiger partial charge in [-0.05, 0) is 12.8 Å². The molecule has 2 heterocycles. The molecule has 0 bridgehead atoms. The fourth-order valence-electron chi connectivity index (χ4n) is 2.17. The van der Waals surface area contributed by atoms with Crippen molar-refractivity contribution >= 4 is 5.91 Å². The number of hydrogen-bond acceptors (Lipinski definition) is 4. The highest BCUT2D eigenvalue weighted by atomic mass is 16.5. The van der Waals surface area contributed by atoms with Crippen LogP contribution in [0.1, 0.15) is 23.3 Å². The maximum Gasteiger partial charge on any atom is 0.272 e. The molecule has 0 aromatic carbocycles. The van der Waals surface area contributed by atoms with Gasteiger partial charge in [0.25, 0.3) is 5.91 Å². The van der Waals surface area contributed by atoms with Gasteiger partial charge in [0.2, 0.25) is 0 Å². The van der Waals surface area contributed by atoms with Crippen molar-refractivity contribution in [1.82, 2.24) is 14.5 Å². The molecule has 6 heteroatoms. The molecule has 1 aromatic heterocycles. The fourth-order valence-corrected chi connectivity index (χ4v) is 2.17. The molecule has 1 aromatic rings. The van der Waals surface area contributed by atoms with E-state index in [1.807, 2.05) is 11.9 Å². The zero-order valence-electron chi connectivity index (χ0n) is 10.6. The third kappa shape index (κ3) is 2.88. The first-order valence-electron chi connectivity index (χ1n) is 6.20. The van der Waals surface area contributed by atoms with Gasteiger partial charge in [0.15, 0.2) is 0 Å². The number of carbonyl (C=O) groups excluding carboxylic acids is 1. The molecule has 1 saturated heterocycles. The van der Waals surface area contributed by atoms with Crippen LogP contribution in [-0.2, 0) is 11.8 Å². The lowest BCUT2D eigenvalue weighted by Gasteiger charge is -2.31. The van der Waals surface area contributed by atoms with Crippen molar-refractivity contribution in [2.75, 3.05) is 26.3 Å². The van der Waals surface area contributed by atoms with Crippen molar-refractivity contribution in [2.45, 2.75) is 18.9 Å². The minimum Gasteiger partial charge on any atom is -0.394 e. The molecule has 1 aliphatic rings. The van der Waals surface area contributed by atoms with E-state index in [4.69, 9.17) is 9.84 Å². The van der Waals surface area contributed by atoms with E-state index in [0.717, 1.165) is 12.8 Å². The van der Waals surface area contributed by atoms with E-state index in [-0.39, 0.29) is 18.6 Å². The van der Waals surface area contributed by atoms with E-state index in [2.05, 4.69) is 4.98 Å². The number of hydrogen-bond donors (Lipinski definition) is 1. The smallest absolute Gasteiger partial charge is 0.272 e. The minimum absolute atomic E-state index is 0.0237. The Balaban J connectivity index is 1.86. The first-order valence-corrected chi connectivity index (χ1v) is 6.20. The summed E-state index contributed by atoms with van der Waals surface area (Å²) in [6.45, 7) is 1.81. The van der Waals surface area contributed by atoms with Gasteiger partial charge in [-0.3, -0.25) is 4.79 Å². The lowest BCUT2D eigenvalue weighted by molar-refractivity contribution is -0.00570. The van der Waals surface area contributed by atoms with E-state index in [1.54, 1.807) is 17.1 Å². The van der Waals surface area contributed by atoms with Crippen molar-refractivity contribution in [3.63, 3.8) is 0 Å². The van der Waals surface area contributed by atoms with Crippen LogP contribution in [0.15, 0.2) is 12.5 Å². The van der Waals surface area contributed by atoms with E-state index >= 15 is 0 Å². The summed E-state index contributed by atoms with van der Waals surface area (Å²) in [6, 6.07) is 0. The second kappa shape index (κ2) is 5.97. The van der Waals surface area contributed by atoms with E-state index in [1.165, 1.54) is 0 Å². The first kappa shape index (κ1) is 13.0. The van der Waals surface area contributed by atoms with Crippen LogP contribution in [-0.4, -0.2) is 57.9 Å². The van der Waals surface area contributed by atoms with Crippen LogP contribution in [0, 0.1) is 0 Å². The van der Waals surface area contributed by atoms with Crippen LogP contribution in [0.2, 0.25) is 0 Å². The van der Waals surface area contributed by atoms with Gasteiger partial charge in [-0.25, -0.2) is 4.98 Å². The number of rotatable bonds is 4. The third-order valence-corrected chi connectivity index (χ3v) is 3.21. The molecular weight excluding hydrogens is 234 g/mol. The molecule has 2 rings (SSSR count). The molecule has 18 heavy (non-hydrogen) atoms. The quantitative estimate of drug-likeness (QED) is 0.822. The normalized spacial score (nSPS) is 17.1. The van der Waals surface area contributed by atoms with Crippen LogP contribution < -0.4 is 0 Å². The fraction of sp³-hybridized carbons (Fsp3) is 0.667. The molecule has 1 N–H and O–H groups in total. The van der Waals surface area contributed by atoms with Crippen LogP contribution in [0.4, 0.5) is 0 Å². The van der Waals surface area contributed by atoms with Crippen molar-refractivity contribution < 1.29 is 14.6 Å². The Bertz CT molecular complexity index is 397. The minimum atomic E-state index is 0.0237. The summed E-state index contributed by atoms with van der Waals surface area (Å²) in [6.07, 6.45) is 5.03. The number of aliphatic hydroxyl groups excluding tert-OH is 1. The Labute approximate surface area is 106 Å². The van der Waals surface area contributed by atoms with E-state index in [9.17, 15) is 4.79 Å². The monoisotopic (exact) mass is 253 g/mol. The molecular formula is C12H19N3O3. The second-order valence-corrected chi connectivity index (χ2v) is 4.48. The van der Waals surface area contributed by atoms with Gasteiger partial charge in [-0.15, -0.1) is 0 Å². The predicted molar refractivity (Wildman–Crippen MR) is 65.2 cm³/mol. The molecule has 0 aliphatic carbocycles. The van der Waals surface area contributed by atoms with Gasteiger partial charge in [0, 0.05) is 20.1 Å². The Morgan fingerprint density at radius 3 is 2.83 bits per heavy atom. The predicted octanol–water partition coefficient (Wildman–Crippen LogP) is 0.0336. The average Bonchev–Trinajstić information content (AvgIpc) is 2.82. The first-order chi connectivity index (χ1) is 8.72. The van der Waals surface area contributed by atoms with Crippen molar-refractivity contribution in [3.05, 3.63) is 18.2 Å².